The van der Waals surface area contributed by atoms with E-state index in [2.05, 4.69) is 30.9 Å². The molecule has 4 heteroatoms. The third-order valence-electron chi connectivity index (χ3n) is 3.16. The van der Waals surface area contributed by atoms with Gasteiger partial charge in [-0.25, -0.2) is 0 Å². The van der Waals surface area contributed by atoms with Crippen LogP contribution in [0.5, 0.6) is 0 Å². The van der Waals surface area contributed by atoms with Crippen LogP contribution in [0.15, 0.2) is 4.52 Å². The molecule has 0 bridgehead atoms. The fraction of sp³-hybridized carbons (Fsp3) is 0.833. The van der Waals surface area contributed by atoms with Crippen molar-refractivity contribution < 1.29 is 9.63 Å². The molecule has 0 amide bonds. The summed E-state index contributed by atoms with van der Waals surface area (Å²) in [4.78, 5) is 4.47. The maximum Gasteiger partial charge on any atom is 0.229 e. The van der Waals surface area contributed by atoms with Crippen molar-refractivity contribution in [2.24, 2.45) is 0 Å². The molecule has 0 aromatic carbocycles. The van der Waals surface area contributed by atoms with Crippen molar-refractivity contribution in [2.75, 3.05) is 0 Å². The molecule has 1 N–H and O–H groups in total. The first-order valence-corrected chi connectivity index (χ1v) is 5.99. The van der Waals surface area contributed by atoms with E-state index in [0.29, 0.717) is 5.92 Å². The molecule has 1 aromatic rings. The standard InChI is InChI=1S/C12H20N2O2/c1-12(2,3)11-13-10(16-14-11)8-4-6-9(15)7-5-8/h8-9,15H,4-7H2,1-3H3. The topological polar surface area (TPSA) is 59.2 Å². The fourth-order valence-electron chi connectivity index (χ4n) is 2.03. The first-order chi connectivity index (χ1) is 7.47. The van der Waals surface area contributed by atoms with Gasteiger partial charge in [0.1, 0.15) is 0 Å². The van der Waals surface area contributed by atoms with Crippen molar-refractivity contribution in [3.05, 3.63) is 11.7 Å². The predicted molar refractivity (Wildman–Crippen MR) is 60.2 cm³/mol. The Balaban J connectivity index is 2.08. The molecule has 0 atom stereocenters. The lowest BCUT2D eigenvalue weighted by Gasteiger charge is -2.22. The number of rotatable bonds is 1. The summed E-state index contributed by atoms with van der Waals surface area (Å²) in [5, 5.41) is 13.5. The van der Waals surface area contributed by atoms with Crippen LogP contribution >= 0.6 is 0 Å². The lowest BCUT2D eigenvalue weighted by Crippen LogP contribution is -2.18. The summed E-state index contributed by atoms with van der Waals surface area (Å²) in [6.07, 6.45) is 3.46. The maximum absolute atomic E-state index is 9.44. The van der Waals surface area contributed by atoms with Gasteiger partial charge in [0, 0.05) is 11.3 Å². The van der Waals surface area contributed by atoms with Crippen LogP contribution in [0.3, 0.4) is 0 Å². The molecule has 2 rings (SSSR count). The summed E-state index contributed by atoms with van der Waals surface area (Å²) in [7, 11) is 0. The Morgan fingerprint density at radius 2 is 1.81 bits per heavy atom. The Kier molecular flexibility index (Phi) is 3.02. The minimum absolute atomic E-state index is 0.0596. The van der Waals surface area contributed by atoms with E-state index < -0.39 is 0 Å². The van der Waals surface area contributed by atoms with Crippen LogP contribution in [0.2, 0.25) is 0 Å². The van der Waals surface area contributed by atoms with Crippen molar-refractivity contribution in [3.63, 3.8) is 0 Å². The molecule has 1 aromatic heterocycles. The van der Waals surface area contributed by atoms with E-state index in [1.54, 1.807) is 0 Å². The van der Waals surface area contributed by atoms with Crippen molar-refractivity contribution in [1.29, 1.82) is 0 Å². The largest absolute Gasteiger partial charge is 0.393 e. The Hall–Kier alpha value is -0.900. The van der Waals surface area contributed by atoms with E-state index in [-0.39, 0.29) is 11.5 Å². The molecule has 0 spiro atoms. The fourth-order valence-corrected chi connectivity index (χ4v) is 2.03. The van der Waals surface area contributed by atoms with E-state index in [9.17, 15) is 5.11 Å². The van der Waals surface area contributed by atoms with Gasteiger partial charge in [0.05, 0.1) is 6.10 Å². The molecule has 1 heterocycles. The van der Waals surface area contributed by atoms with Gasteiger partial charge in [-0.05, 0) is 25.7 Å². The van der Waals surface area contributed by atoms with Gasteiger partial charge in [-0.2, -0.15) is 4.98 Å². The SMILES string of the molecule is CC(C)(C)c1noc(C2CCC(O)CC2)n1. The van der Waals surface area contributed by atoms with E-state index in [1.807, 2.05) is 0 Å². The highest BCUT2D eigenvalue weighted by Crippen LogP contribution is 2.32. The van der Waals surface area contributed by atoms with Gasteiger partial charge >= 0.3 is 0 Å². The summed E-state index contributed by atoms with van der Waals surface area (Å²) in [6, 6.07) is 0. The highest BCUT2D eigenvalue weighted by molar-refractivity contribution is 5.03. The highest BCUT2D eigenvalue weighted by atomic mass is 16.5. The molecule has 1 aliphatic carbocycles. The van der Waals surface area contributed by atoms with Crippen LogP contribution in [0.4, 0.5) is 0 Å². The third-order valence-corrected chi connectivity index (χ3v) is 3.16. The second-order valence-electron chi connectivity index (χ2n) is 5.71. The normalized spacial score (nSPS) is 27.0. The first-order valence-electron chi connectivity index (χ1n) is 5.99. The average Bonchev–Trinajstić information content (AvgIpc) is 2.67. The van der Waals surface area contributed by atoms with Gasteiger partial charge in [-0.15, -0.1) is 0 Å². The Morgan fingerprint density at radius 3 is 2.31 bits per heavy atom. The van der Waals surface area contributed by atoms with E-state index in [4.69, 9.17) is 4.52 Å². The number of hydrogen-bond donors (Lipinski definition) is 1. The molecular weight excluding hydrogens is 204 g/mol. The van der Waals surface area contributed by atoms with Crippen molar-refractivity contribution in [3.8, 4) is 0 Å². The van der Waals surface area contributed by atoms with Gasteiger partial charge in [0.15, 0.2) is 5.82 Å². The van der Waals surface area contributed by atoms with Crippen LogP contribution < -0.4 is 0 Å². The highest BCUT2D eigenvalue weighted by Gasteiger charge is 2.27. The smallest absolute Gasteiger partial charge is 0.229 e. The summed E-state index contributed by atoms with van der Waals surface area (Å²) < 4.78 is 5.32. The zero-order chi connectivity index (χ0) is 11.8. The number of hydrogen-bond acceptors (Lipinski definition) is 4. The minimum atomic E-state index is -0.138. The second kappa shape index (κ2) is 4.17. The van der Waals surface area contributed by atoms with Gasteiger partial charge in [-0.3, -0.25) is 0 Å². The molecule has 16 heavy (non-hydrogen) atoms. The average molecular weight is 224 g/mol. The molecule has 90 valence electrons. The van der Waals surface area contributed by atoms with Crippen molar-refractivity contribution in [2.45, 2.75) is 63.9 Å². The molecule has 1 aliphatic rings. The number of aromatic nitrogens is 2. The quantitative estimate of drug-likeness (QED) is 0.795. The van der Waals surface area contributed by atoms with Gasteiger partial charge in [-0.1, -0.05) is 25.9 Å². The van der Waals surface area contributed by atoms with E-state index in [1.165, 1.54) is 0 Å². The number of nitrogens with zero attached hydrogens (tertiary/aromatic N) is 2. The third kappa shape index (κ3) is 2.43. The molecule has 0 unspecified atom stereocenters. The van der Waals surface area contributed by atoms with Crippen LogP contribution in [-0.4, -0.2) is 21.4 Å². The van der Waals surface area contributed by atoms with Crippen LogP contribution in [-0.2, 0) is 5.41 Å². The van der Waals surface area contributed by atoms with Gasteiger partial charge in [0.2, 0.25) is 5.89 Å². The summed E-state index contributed by atoms with van der Waals surface area (Å²) in [6.45, 7) is 6.23. The first kappa shape index (κ1) is 11.6. The summed E-state index contributed by atoms with van der Waals surface area (Å²) in [5.74, 6) is 1.86. The predicted octanol–water partition coefficient (Wildman–Crippen LogP) is 2.39. The number of aliphatic hydroxyl groups is 1. The lowest BCUT2D eigenvalue weighted by atomic mass is 9.87. The molecule has 0 saturated heterocycles. The zero-order valence-corrected chi connectivity index (χ0v) is 10.2. The number of aliphatic hydroxyl groups excluding tert-OH is 1. The molecule has 1 fully saturated rings. The molecule has 1 saturated carbocycles. The van der Waals surface area contributed by atoms with E-state index in [0.717, 1.165) is 37.4 Å². The molecule has 4 nitrogen and oxygen atoms in total. The van der Waals surface area contributed by atoms with Crippen molar-refractivity contribution >= 4 is 0 Å². The molecule has 0 radical (unpaired) electrons. The van der Waals surface area contributed by atoms with E-state index >= 15 is 0 Å². The maximum atomic E-state index is 9.44. The van der Waals surface area contributed by atoms with Crippen molar-refractivity contribution in [1.82, 2.24) is 10.1 Å². The second-order valence-corrected chi connectivity index (χ2v) is 5.71. The van der Waals surface area contributed by atoms with Crippen LogP contribution in [0.25, 0.3) is 0 Å². The van der Waals surface area contributed by atoms with Crippen LogP contribution in [0.1, 0.15) is 64.1 Å². The monoisotopic (exact) mass is 224 g/mol. The minimum Gasteiger partial charge on any atom is -0.393 e. The Labute approximate surface area is 96.1 Å². The van der Waals surface area contributed by atoms with Gasteiger partial charge < -0.3 is 9.63 Å². The van der Waals surface area contributed by atoms with Crippen LogP contribution in [0, 0.1) is 0 Å². The summed E-state index contributed by atoms with van der Waals surface area (Å²) in [5.41, 5.74) is -0.0596. The lowest BCUT2D eigenvalue weighted by molar-refractivity contribution is 0.116. The van der Waals surface area contributed by atoms with Gasteiger partial charge in [0.25, 0.3) is 0 Å². The summed E-state index contributed by atoms with van der Waals surface area (Å²) >= 11 is 0. The Morgan fingerprint density at radius 1 is 1.19 bits per heavy atom. The molecule has 0 aliphatic heterocycles. The molecular formula is C12H20N2O2. The zero-order valence-electron chi connectivity index (χ0n) is 10.2. The Bertz CT molecular complexity index is 346.